The second-order valence-electron chi connectivity index (χ2n) is 6.76. The molecule has 0 bridgehead atoms. The van der Waals surface area contributed by atoms with Crippen LogP contribution in [-0.2, 0) is 11.2 Å². The van der Waals surface area contributed by atoms with Crippen molar-refractivity contribution in [3.8, 4) is 5.75 Å². The number of nitrogens with zero attached hydrogens (tertiary/aromatic N) is 1. The normalized spacial score (nSPS) is 16.0. The summed E-state index contributed by atoms with van der Waals surface area (Å²) in [5, 5.41) is 14.6. The van der Waals surface area contributed by atoms with Crippen molar-refractivity contribution >= 4 is 23.6 Å². The molecule has 2 aromatic carbocycles. The number of benzene rings is 2. The molecule has 2 aromatic rings. The van der Waals surface area contributed by atoms with Crippen LogP contribution in [0.15, 0.2) is 36.4 Å². The fraction of sp³-hybridized carbons (Fsp3) is 0.250. The Morgan fingerprint density at radius 3 is 2.79 bits per heavy atom. The lowest BCUT2D eigenvalue weighted by atomic mass is 10.0. The number of hydrogen-bond donors (Lipinski definition) is 3. The summed E-state index contributed by atoms with van der Waals surface area (Å²) in [5.41, 5.74) is 1.24. The molecule has 150 valence electrons. The molecule has 8 nitrogen and oxygen atoms in total. The van der Waals surface area contributed by atoms with Crippen molar-refractivity contribution in [2.75, 3.05) is 24.6 Å². The number of amides is 3. The number of carboxylic acids is 1. The van der Waals surface area contributed by atoms with E-state index in [1.807, 2.05) is 0 Å². The molecule has 9 heteroatoms. The zero-order valence-corrected chi connectivity index (χ0v) is 15.3. The minimum absolute atomic E-state index is 0.335. The van der Waals surface area contributed by atoms with Crippen LogP contribution < -0.4 is 20.3 Å². The number of hydrogen-bond acceptors (Lipinski definition) is 4. The summed E-state index contributed by atoms with van der Waals surface area (Å²) in [4.78, 5) is 37.6. The summed E-state index contributed by atoms with van der Waals surface area (Å²) in [7, 11) is 0. The second-order valence-corrected chi connectivity index (χ2v) is 6.76. The first kappa shape index (κ1) is 18.7. The van der Waals surface area contributed by atoms with Crippen LogP contribution in [0.1, 0.15) is 27.5 Å². The van der Waals surface area contributed by atoms with Gasteiger partial charge >= 0.3 is 12.0 Å². The molecule has 0 aliphatic carbocycles. The summed E-state index contributed by atoms with van der Waals surface area (Å²) in [6.45, 7) is 1.35. The van der Waals surface area contributed by atoms with Gasteiger partial charge in [-0.3, -0.25) is 9.69 Å². The standard InChI is InChI=1S/C20H18FN3O5/c21-15-3-2-13(24-7-6-22-20(24)28)10-14(15)18(25)23-17(19(26)27)12-1-4-16-11(9-12)5-8-29-16/h1-4,9-10,17H,5-8H2,(H,22,28)(H,23,25)(H,26,27). The summed E-state index contributed by atoms with van der Waals surface area (Å²) in [6, 6.07) is 6.91. The van der Waals surface area contributed by atoms with E-state index in [1.165, 1.54) is 17.0 Å². The van der Waals surface area contributed by atoms with Gasteiger partial charge in [-0.2, -0.15) is 0 Å². The predicted molar refractivity (Wildman–Crippen MR) is 101 cm³/mol. The van der Waals surface area contributed by atoms with Gasteiger partial charge in [0.2, 0.25) is 0 Å². The van der Waals surface area contributed by atoms with Crippen molar-refractivity contribution in [2.45, 2.75) is 12.5 Å². The van der Waals surface area contributed by atoms with E-state index in [-0.39, 0.29) is 11.6 Å². The maximum Gasteiger partial charge on any atom is 0.330 e. The van der Waals surface area contributed by atoms with Gasteiger partial charge in [-0.05, 0) is 41.5 Å². The van der Waals surface area contributed by atoms with Crippen LogP contribution in [0.25, 0.3) is 0 Å². The van der Waals surface area contributed by atoms with E-state index in [0.29, 0.717) is 43.1 Å². The average molecular weight is 399 g/mol. The van der Waals surface area contributed by atoms with Crippen LogP contribution >= 0.6 is 0 Å². The Morgan fingerprint density at radius 1 is 1.24 bits per heavy atom. The van der Waals surface area contributed by atoms with E-state index in [0.717, 1.165) is 11.6 Å². The molecule has 4 rings (SSSR count). The Labute approximate surface area is 165 Å². The Bertz CT molecular complexity index is 1010. The molecule has 2 heterocycles. The van der Waals surface area contributed by atoms with Gasteiger partial charge in [-0.25, -0.2) is 14.0 Å². The first-order valence-electron chi connectivity index (χ1n) is 9.08. The minimum atomic E-state index is -1.36. The number of nitrogens with one attached hydrogen (secondary N) is 2. The van der Waals surface area contributed by atoms with E-state index < -0.39 is 23.7 Å². The molecule has 0 saturated carbocycles. The number of halogens is 1. The Morgan fingerprint density at radius 2 is 2.07 bits per heavy atom. The summed E-state index contributed by atoms with van der Waals surface area (Å²) >= 11 is 0. The Balaban J connectivity index is 1.60. The lowest BCUT2D eigenvalue weighted by Gasteiger charge is -2.18. The second kappa shape index (κ2) is 7.42. The van der Waals surface area contributed by atoms with Crippen LogP contribution in [0.2, 0.25) is 0 Å². The summed E-state index contributed by atoms with van der Waals surface area (Å²) in [6.07, 6.45) is 0.651. The molecule has 0 spiro atoms. The predicted octanol–water partition coefficient (Wildman–Crippen LogP) is 1.85. The number of fused-ring (bicyclic) bond motifs is 1. The van der Waals surface area contributed by atoms with Crippen molar-refractivity contribution in [2.24, 2.45) is 0 Å². The van der Waals surface area contributed by atoms with Crippen molar-refractivity contribution in [1.82, 2.24) is 10.6 Å². The Kier molecular flexibility index (Phi) is 4.79. The third-order valence-corrected chi connectivity index (χ3v) is 4.93. The first-order chi connectivity index (χ1) is 13.9. The van der Waals surface area contributed by atoms with Crippen molar-refractivity contribution in [3.63, 3.8) is 0 Å². The number of carbonyl (C=O) groups is 3. The number of carboxylic acid groups (broad SMARTS) is 1. The molecule has 0 radical (unpaired) electrons. The maximum absolute atomic E-state index is 14.3. The highest BCUT2D eigenvalue weighted by Gasteiger charge is 2.27. The van der Waals surface area contributed by atoms with Crippen LogP contribution in [0.5, 0.6) is 5.75 Å². The number of carbonyl (C=O) groups excluding carboxylic acids is 2. The van der Waals surface area contributed by atoms with Crippen molar-refractivity contribution in [1.29, 1.82) is 0 Å². The van der Waals surface area contributed by atoms with Crippen molar-refractivity contribution in [3.05, 3.63) is 58.9 Å². The van der Waals surface area contributed by atoms with E-state index in [1.54, 1.807) is 18.2 Å². The highest BCUT2D eigenvalue weighted by molar-refractivity contribution is 6.00. The third kappa shape index (κ3) is 3.58. The molecule has 0 aromatic heterocycles. The summed E-state index contributed by atoms with van der Waals surface area (Å²) in [5.74, 6) is -2.27. The molecule has 1 fully saturated rings. The number of aliphatic carboxylic acids is 1. The van der Waals surface area contributed by atoms with E-state index in [9.17, 15) is 23.9 Å². The molecule has 29 heavy (non-hydrogen) atoms. The monoisotopic (exact) mass is 399 g/mol. The van der Waals surface area contributed by atoms with Crippen LogP contribution in [-0.4, -0.2) is 42.7 Å². The smallest absolute Gasteiger partial charge is 0.330 e. The highest BCUT2D eigenvalue weighted by atomic mass is 19.1. The lowest BCUT2D eigenvalue weighted by Crippen LogP contribution is -2.34. The molecule has 2 aliphatic rings. The van der Waals surface area contributed by atoms with Gasteiger partial charge in [0.1, 0.15) is 11.6 Å². The molecular formula is C20H18FN3O5. The molecule has 3 N–H and O–H groups in total. The first-order valence-corrected chi connectivity index (χ1v) is 9.08. The molecule has 1 saturated heterocycles. The van der Waals surface area contributed by atoms with Gasteiger partial charge in [-0.1, -0.05) is 6.07 Å². The summed E-state index contributed by atoms with van der Waals surface area (Å²) < 4.78 is 19.7. The zero-order chi connectivity index (χ0) is 20.5. The fourth-order valence-electron chi connectivity index (χ4n) is 3.46. The third-order valence-electron chi connectivity index (χ3n) is 4.93. The van der Waals surface area contributed by atoms with Gasteiger partial charge < -0.3 is 20.5 Å². The maximum atomic E-state index is 14.3. The van der Waals surface area contributed by atoms with Crippen LogP contribution in [0.4, 0.5) is 14.9 Å². The SMILES string of the molecule is O=C(NC(C(=O)O)c1ccc2c(c1)CCO2)c1cc(N2CCNC2=O)ccc1F. The number of rotatable bonds is 5. The van der Waals surface area contributed by atoms with Crippen LogP contribution in [0.3, 0.4) is 0 Å². The molecular weight excluding hydrogens is 381 g/mol. The van der Waals surface area contributed by atoms with E-state index >= 15 is 0 Å². The highest BCUT2D eigenvalue weighted by Crippen LogP contribution is 2.29. The molecule has 1 unspecified atom stereocenters. The molecule has 1 atom stereocenters. The number of ether oxygens (including phenoxy) is 1. The van der Waals surface area contributed by atoms with E-state index in [2.05, 4.69) is 10.6 Å². The van der Waals surface area contributed by atoms with Gasteiger partial charge in [0.25, 0.3) is 5.91 Å². The molecule has 2 aliphatic heterocycles. The van der Waals surface area contributed by atoms with Gasteiger partial charge in [0.05, 0.1) is 12.2 Å². The van der Waals surface area contributed by atoms with Gasteiger partial charge in [-0.15, -0.1) is 0 Å². The number of urea groups is 1. The molecule has 3 amide bonds. The Hall–Kier alpha value is -3.62. The van der Waals surface area contributed by atoms with Gasteiger partial charge in [0, 0.05) is 25.2 Å². The lowest BCUT2D eigenvalue weighted by molar-refractivity contribution is -0.139. The minimum Gasteiger partial charge on any atom is -0.493 e. The topological polar surface area (TPSA) is 108 Å². The van der Waals surface area contributed by atoms with E-state index in [4.69, 9.17) is 4.74 Å². The zero-order valence-electron chi connectivity index (χ0n) is 15.3. The average Bonchev–Trinajstić information content (AvgIpc) is 3.34. The quantitative estimate of drug-likeness (QED) is 0.711. The largest absolute Gasteiger partial charge is 0.493 e. The van der Waals surface area contributed by atoms with Gasteiger partial charge in [0.15, 0.2) is 6.04 Å². The number of anilines is 1. The van der Waals surface area contributed by atoms with Crippen LogP contribution in [0, 0.1) is 5.82 Å². The van der Waals surface area contributed by atoms with Crippen molar-refractivity contribution < 1.29 is 28.6 Å². The fourth-order valence-corrected chi connectivity index (χ4v) is 3.46.